The first-order valence-corrected chi connectivity index (χ1v) is 6.05. The Hall–Kier alpha value is -2.30. The monoisotopic (exact) mass is 259 g/mol. The molecule has 0 radical (unpaired) electrons. The van der Waals surface area contributed by atoms with Crippen molar-refractivity contribution in [3.05, 3.63) is 29.5 Å². The van der Waals surface area contributed by atoms with Crippen molar-refractivity contribution in [2.24, 2.45) is 10.9 Å². The molecule has 5 nitrogen and oxygen atoms in total. The van der Waals surface area contributed by atoms with Gasteiger partial charge in [0.1, 0.15) is 0 Å². The fourth-order valence-electron chi connectivity index (χ4n) is 1.83. The molecule has 0 aliphatic carbocycles. The molecule has 0 bridgehead atoms. The lowest BCUT2D eigenvalue weighted by Crippen LogP contribution is -2.09. The highest BCUT2D eigenvalue weighted by Gasteiger charge is 2.25. The van der Waals surface area contributed by atoms with E-state index in [0.29, 0.717) is 23.1 Å². The third-order valence-corrected chi connectivity index (χ3v) is 2.83. The first-order chi connectivity index (χ1) is 9.13. The first-order valence-electron chi connectivity index (χ1n) is 6.05. The van der Waals surface area contributed by atoms with Gasteiger partial charge in [0.15, 0.2) is 17.2 Å². The smallest absolute Gasteiger partial charge is 0.363 e. The largest absolute Gasteiger partial charge is 0.454 e. The van der Waals surface area contributed by atoms with Crippen molar-refractivity contribution >= 4 is 17.9 Å². The van der Waals surface area contributed by atoms with E-state index in [-0.39, 0.29) is 12.7 Å². The van der Waals surface area contributed by atoms with E-state index in [1.54, 1.807) is 6.08 Å². The summed E-state index contributed by atoms with van der Waals surface area (Å²) in [6, 6.07) is 5.46. The molecular formula is C14H13NO4. The third-order valence-electron chi connectivity index (χ3n) is 2.83. The number of carbonyl (C=O) groups excluding carboxylic acids is 1. The van der Waals surface area contributed by atoms with Gasteiger partial charge in [0.05, 0.1) is 0 Å². The Morgan fingerprint density at radius 3 is 2.79 bits per heavy atom. The number of hydrogen-bond acceptors (Lipinski definition) is 5. The summed E-state index contributed by atoms with van der Waals surface area (Å²) >= 11 is 0. The van der Waals surface area contributed by atoms with Crippen molar-refractivity contribution in [1.29, 1.82) is 0 Å². The number of aliphatic imine (C=N–C) groups is 1. The molecule has 2 aliphatic heterocycles. The Labute approximate surface area is 110 Å². The van der Waals surface area contributed by atoms with Crippen LogP contribution in [0.3, 0.4) is 0 Å². The van der Waals surface area contributed by atoms with Gasteiger partial charge >= 0.3 is 5.97 Å². The Kier molecular flexibility index (Phi) is 2.74. The zero-order valence-corrected chi connectivity index (χ0v) is 10.7. The van der Waals surface area contributed by atoms with Crippen LogP contribution in [0.4, 0.5) is 0 Å². The van der Waals surface area contributed by atoms with Crippen LogP contribution in [0.2, 0.25) is 0 Å². The number of cyclic esters (lactones) is 1. The number of esters is 1. The molecule has 0 fully saturated rings. The SMILES string of the molecule is CC(C)C1=N/C(=C/c2ccc3c(c2)OCO3)C(=O)O1. The molecule has 3 rings (SSSR count). The van der Waals surface area contributed by atoms with Gasteiger partial charge in [0.2, 0.25) is 12.7 Å². The topological polar surface area (TPSA) is 57.1 Å². The van der Waals surface area contributed by atoms with Gasteiger partial charge < -0.3 is 14.2 Å². The second-order valence-corrected chi connectivity index (χ2v) is 4.64. The highest BCUT2D eigenvalue weighted by molar-refractivity contribution is 6.07. The Morgan fingerprint density at radius 2 is 2.05 bits per heavy atom. The second kappa shape index (κ2) is 4.42. The molecule has 0 saturated carbocycles. The maximum absolute atomic E-state index is 11.7. The zero-order chi connectivity index (χ0) is 13.4. The summed E-state index contributed by atoms with van der Waals surface area (Å²) in [5.74, 6) is 1.52. The van der Waals surface area contributed by atoms with Gasteiger partial charge in [0.25, 0.3) is 0 Å². The molecule has 0 unspecified atom stereocenters. The van der Waals surface area contributed by atoms with Gasteiger partial charge in [-0.05, 0) is 23.8 Å². The normalized spacial score (nSPS) is 19.0. The number of nitrogens with zero attached hydrogens (tertiary/aromatic N) is 1. The number of rotatable bonds is 2. The lowest BCUT2D eigenvalue weighted by atomic mass is 10.1. The lowest BCUT2D eigenvalue weighted by molar-refractivity contribution is -0.130. The third kappa shape index (κ3) is 2.19. The van der Waals surface area contributed by atoms with E-state index in [9.17, 15) is 4.79 Å². The predicted octanol–water partition coefficient (Wildman–Crippen LogP) is 2.37. The van der Waals surface area contributed by atoms with Gasteiger partial charge in [-0.15, -0.1) is 0 Å². The van der Waals surface area contributed by atoms with Gasteiger partial charge in [-0.3, -0.25) is 0 Å². The maximum Gasteiger partial charge on any atom is 0.363 e. The van der Waals surface area contributed by atoms with E-state index < -0.39 is 5.97 Å². The number of hydrogen-bond donors (Lipinski definition) is 0. The van der Waals surface area contributed by atoms with Crippen molar-refractivity contribution in [3.8, 4) is 11.5 Å². The molecule has 0 spiro atoms. The molecule has 0 N–H and O–H groups in total. The molecule has 2 heterocycles. The Morgan fingerprint density at radius 1 is 1.26 bits per heavy atom. The van der Waals surface area contributed by atoms with E-state index in [0.717, 1.165) is 5.56 Å². The molecule has 1 aromatic carbocycles. The molecule has 0 aromatic heterocycles. The minimum absolute atomic E-state index is 0.0894. The summed E-state index contributed by atoms with van der Waals surface area (Å²) in [4.78, 5) is 15.9. The summed E-state index contributed by atoms with van der Waals surface area (Å²) in [6.07, 6.45) is 1.68. The fourth-order valence-corrected chi connectivity index (χ4v) is 1.83. The first kappa shape index (κ1) is 11.8. The van der Waals surface area contributed by atoms with Crippen molar-refractivity contribution < 1.29 is 19.0 Å². The number of fused-ring (bicyclic) bond motifs is 1. The summed E-state index contributed by atoms with van der Waals surface area (Å²) in [5, 5.41) is 0. The van der Waals surface area contributed by atoms with Crippen molar-refractivity contribution in [2.45, 2.75) is 13.8 Å². The summed E-state index contributed by atoms with van der Waals surface area (Å²) in [7, 11) is 0. The average Bonchev–Trinajstić information content (AvgIpc) is 2.96. The highest BCUT2D eigenvalue weighted by atomic mass is 16.7. The predicted molar refractivity (Wildman–Crippen MR) is 68.9 cm³/mol. The van der Waals surface area contributed by atoms with Gasteiger partial charge in [-0.2, -0.15) is 0 Å². The van der Waals surface area contributed by atoms with Crippen LogP contribution in [-0.2, 0) is 9.53 Å². The second-order valence-electron chi connectivity index (χ2n) is 4.64. The van der Waals surface area contributed by atoms with E-state index in [1.165, 1.54) is 0 Å². The summed E-state index contributed by atoms with van der Waals surface area (Å²) < 4.78 is 15.6. The molecule has 19 heavy (non-hydrogen) atoms. The molecule has 98 valence electrons. The summed E-state index contributed by atoms with van der Waals surface area (Å²) in [6.45, 7) is 4.08. The molecular weight excluding hydrogens is 246 g/mol. The van der Waals surface area contributed by atoms with E-state index >= 15 is 0 Å². The van der Waals surface area contributed by atoms with Crippen LogP contribution in [0.25, 0.3) is 6.08 Å². The van der Waals surface area contributed by atoms with Crippen molar-refractivity contribution in [1.82, 2.24) is 0 Å². The van der Waals surface area contributed by atoms with E-state index in [2.05, 4.69) is 4.99 Å². The lowest BCUT2D eigenvalue weighted by Gasteiger charge is -1.99. The van der Waals surface area contributed by atoms with E-state index in [4.69, 9.17) is 14.2 Å². The molecule has 5 heteroatoms. The minimum atomic E-state index is -0.415. The quantitative estimate of drug-likeness (QED) is 0.604. The Balaban J connectivity index is 1.91. The molecule has 0 atom stereocenters. The minimum Gasteiger partial charge on any atom is -0.454 e. The van der Waals surface area contributed by atoms with Crippen LogP contribution in [0, 0.1) is 5.92 Å². The van der Waals surface area contributed by atoms with Crippen LogP contribution in [0.1, 0.15) is 19.4 Å². The van der Waals surface area contributed by atoms with Crippen molar-refractivity contribution in [2.75, 3.05) is 6.79 Å². The number of benzene rings is 1. The molecule has 0 saturated heterocycles. The van der Waals surface area contributed by atoms with Crippen LogP contribution >= 0.6 is 0 Å². The van der Waals surface area contributed by atoms with Crippen molar-refractivity contribution in [3.63, 3.8) is 0 Å². The fraction of sp³-hybridized carbons (Fsp3) is 0.286. The number of ether oxygens (including phenoxy) is 3. The van der Waals surface area contributed by atoms with Crippen LogP contribution in [0.15, 0.2) is 28.9 Å². The van der Waals surface area contributed by atoms with Gasteiger partial charge in [-0.1, -0.05) is 19.9 Å². The standard InChI is InChI=1S/C14H13NO4/c1-8(2)13-15-10(14(16)19-13)5-9-3-4-11-12(6-9)18-7-17-11/h3-6,8H,7H2,1-2H3/b10-5+. The zero-order valence-electron chi connectivity index (χ0n) is 10.7. The Bertz CT molecular complexity index is 601. The van der Waals surface area contributed by atoms with Crippen LogP contribution in [-0.4, -0.2) is 18.7 Å². The van der Waals surface area contributed by atoms with Crippen LogP contribution < -0.4 is 9.47 Å². The average molecular weight is 259 g/mol. The van der Waals surface area contributed by atoms with Gasteiger partial charge in [-0.25, -0.2) is 9.79 Å². The number of carbonyl (C=O) groups is 1. The molecule has 2 aliphatic rings. The molecule has 1 aromatic rings. The van der Waals surface area contributed by atoms with Crippen LogP contribution in [0.5, 0.6) is 11.5 Å². The maximum atomic E-state index is 11.7. The van der Waals surface area contributed by atoms with Gasteiger partial charge in [0, 0.05) is 5.92 Å². The summed E-state index contributed by atoms with van der Waals surface area (Å²) in [5.41, 5.74) is 1.13. The highest BCUT2D eigenvalue weighted by Crippen LogP contribution is 2.33. The van der Waals surface area contributed by atoms with E-state index in [1.807, 2.05) is 32.0 Å². The molecule has 0 amide bonds.